The molecule has 0 unspecified atom stereocenters. The minimum absolute atomic E-state index is 0.329. The van der Waals surface area contributed by atoms with E-state index in [9.17, 15) is 8.42 Å². The lowest BCUT2D eigenvalue weighted by Gasteiger charge is -2.15. The molecule has 0 radical (unpaired) electrons. The van der Waals surface area contributed by atoms with E-state index in [1.807, 2.05) is 38.1 Å². The van der Waals surface area contributed by atoms with E-state index < -0.39 is 10.0 Å². The molecule has 1 aliphatic carbocycles. The number of hydrogen-bond acceptors (Lipinski definition) is 3. The lowest BCUT2D eigenvalue weighted by atomic mass is 10.2. The SMILES string of the molecule is Cc1ccc(C)c(S(=O)(=O)Nc2ccc(NC3CCCC3)cc2)c1. The van der Waals surface area contributed by atoms with Gasteiger partial charge in [-0.3, -0.25) is 4.72 Å². The van der Waals surface area contributed by atoms with Crippen molar-refractivity contribution in [3.05, 3.63) is 53.6 Å². The quantitative estimate of drug-likeness (QED) is 0.842. The first-order chi connectivity index (χ1) is 11.4. The van der Waals surface area contributed by atoms with Crippen LogP contribution < -0.4 is 10.0 Å². The molecule has 0 aromatic heterocycles. The molecule has 0 amide bonds. The second kappa shape index (κ2) is 6.85. The summed E-state index contributed by atoms with van der Waals surface area (Å²) in [5.41, 5.74) is 3.29. The Kier molecular flexibility index (Phi) is 4.81. The van der Waals surface area contributed by atoms with Crippen molar-refractivity contribution in [3.8, 4) is 0 Å². The summed E-state index contributed by atoms with van der Waals surface area (Å²) in [4.78, 5) is 0.329. The molecule has 0 bridgehead atoms. The molecule has 2 aromatic rings. The number of rotatable bonds is 5. The van der Waals surface area contributed by atoms with E-state index in [1.54, 1.807) is 18.2 Å². The van der Waals surface area contributed by atoms with Gasteiger partial charge < -0.3 is 5.32 Å². The summed E-state index contributed by atoms with van der Waals surface area (Å²) in [5.74, 6) is 0. The smallest absolute Gasteiger partial charge is 0.262 e. The van der Waals surface area contributed by atoms with Crippen molar-refractivity contribution < 1.29 is 8.42 Å². The van der Waals surface area contributed by atoms with Crippen LogP contribution >= 0.6 is 0 Å². The maximum absolute atomic E-state index is 12.6. The van der Waals surface area contributed by atoms with Crippen LogP contribution in [0, 0.1) is 13.8 Å². The summed E-state index contributed by atoms with van der Waals surface area (Å²) < 4.78 is 27.9. The third-order valence-corrected chi connectivity index (χ3v) is 6.02. The van der Waals surface area contributed by atoms with Gasteiger partial charge in [-0.15, -0.1) is 0 Å². The number of aryl methyl sites for hydroxylation is 2. The zero-order valence-electron chi connectivity index (χ0n) is 14.2. The molecule has 2 N–H and O–H groups in total. The predicted octanol–water partition coefficient (Wildman–Crippen LogP) is 4.46. The molecule has 5 heteroatoms. The number of benzene rings is 2. The second-order valence-corrected chi connectivity index (χ2v) is 8.23. The molecule has 0 aliphatic heterocycles. The van der Waals surface area contributed by atoms with Crippen LogP contribution in [0.4, 0.5) is 11.4 Å². The van der Waals surface area contributed by atoms with Crippen molar-refractivity contribution in [2.24, 2.45) is 0 Å². The van der Waals surface area contributed by atoms with Crippen molar-refractivity contribution in [3.63, 3.8) is 0 Å². The van der Waals surface area contributed by atoms with E-state index in [4.69, 9.17) is 0 Å². The van der Waals surface area contributed by atoms with Gasteiger partial charge in [0.05, 0.1) is 4.90 Å². The first-order valence-electron chi connectivity index (χ1n) is 8.41. The van der Waals surface area contributed by atoms with Gasteiger partial charge >= 0.3 is 0 Å². The molecular weight excluding hydrogens is 320 g/mol. The highest BCUT2D eigenvalue weighted by atomic mass is 32.2. The molecule has 1 fully saturated rings. The molecule has 24 heavy (non-hydrogen) atoms. The van der Waals surface area contributed by atoms with Crippen LogP contribution in [0.15, 0.2) is 47.4 Å². The van der Waals surface area contributed by atoms with E-state index in [2.05, 4.69) is 10.0 Å². The Hall–Kier alpha value is -2.01. The zero-order valence-corrected chi connectivity index (χ0v) is 15.0. The molecule has 0 spiro atoms. The number of hydrogen-bond donors (Lipinski definition) is 2. The molecule has 1 aliphatic rings. The number of anilines is 2. The van der Waals surface area contributed by atoms with Crippen molar-refractivity contribution >= 4 is 21.4 Å². The maximum Gasteiger partial charge on any atom is 0.262 e. The van der Waals surface area contributed by atoms with E-state index in [0.29, 0.717) is 16.6 Å². The summed E-state index contributed by atoms with van der Waals surface area (Å²) >= 11 is 0. The fraction of sp³-hybridized carbons (Fsp3) is 0.368. The zero-order chi connectivity index (χ0) is 17.2. The van der Waals surface area contributed by atoms with Crippen molar-refractivity contribution in [2.75, 3.05) is 10.0 Å². The number of nitrogens with one attached hydrogen (secondary N) is 2. The highest BCUT2D eigenvalue weighted by molar-refractivity contribution is 7.92. The van der Waals surface area contributed by atoms with Gasteiger partial charge in [-0.1, -0.05) is 25.0 Å². The van der Waals surface area contributed by atoms with Crippen LogP contribution in [0.3, 0.4) is 0 Å². The Morgan fingerprint density at radius 3 is 2.21 bits per heavy atom. The standard InChI is InChI=1S/C19H24N2O2S/c1-14-7-8-15(2)19(13-14)24(22,23)21-18-11-9-17(10-12-18)20-16-5-3-4-6-16/h7-13,16,20-21H,3-6H2,1-2H3. The van der Waals surface area contributed by atoms with Crippen molar-refractivity contribution in [1.82, 2.24) is 0 Å². The van der Waals surface area contributed by atoms with Gasteiger partial charge in [-0.25, -0.2) is 8.42 Å². The lowest BCUT2D eigenvalue weighted by Crippen LogP contribution is -2.15. The highest BCUT2D eigenvalue weighted by Crippen LogP contribution is 2.24. The highest BCUT2D eigenvalue weighted by Gasteiger charge is 2.17. The van der Waals surface area contributed by atoms with Crippen LogP contribution in [0.5, 0.6) is 0 Å². The van der Waals surface area contributed by atoms with Crippen LogP contribution in [-0.4, -0.2) is 14.5 Å². The predicted molar refractivity (Wildman–Crippen MR) is 99.0 cm³/mol. The third kappa shape index (κ3) is 3.90. The Bertz CT molecular complexity index is 808. The summed E-state index contributed by atoms with van der Waals surface area (Å²) in [5, 5.41) is 3.50. The molecule has 1 saturated carbocycles. The summed E-state index contributed by atoms with van der Waals surface area (Å²) in [6.45, 7) is 3.70. The first-order valence-corrected chi connectivity index (χ1v) is 9.89. The topological polar surface area (TPSA) is 58.2 Å². The maximum atomic E-state index is 12.6. The van der Waals surface area contributed by atoms with E-state index in [-0.39, 0.29) is 0 Å². The monoisotopic (exact) mass is 344 g/mol. The molecule has 128 valence electrons. The van der Waals surface area contributed by atoms with E-state index in [0.717, 1.165) is 16.8 Å². The molecule has 0 heterocycles. The molecule has 4 nitrogen and oxygen atoms in total. The van der Waals surface area contributed by atoms with Crippen molar-refractivity contribution in [1.29, 1.82) is 0 Å². The van der Waals surface area contributed by atoms with Crippen molar-refractivity contribution in [2.45, 2.75) is 50.5 Å². The van der Waals surface area contributed by atoms with Gasteiger partial charge in [-0.05, 0) is 68.1 Å². The Morgan fingerprint density at radius 2 is 1.54 bits per heavy atom. The summed E-state index contributed by atoms with van der Waals surface area (Å²) in [6.07, 6.45) is 4.98. The van der Waals surface area contributed by atoms with Crippen LogP contribution in [0.2, 0.25) is 0 Å². The van der Waals surface area contributed by atoms with Crippen LogP contribution in [0.1, 0.15) is 36.8 Å². The van der Waals surface area contributed by atoms with Crippen LogP contribution in [0.25, 0.3) is 0 Å². The normalized spacial score (nSPS) is 15.4. The van der Waals surface area contributed by atoms with Gasteiger partial charge in [0, 0.05) is 17.4 Å². The Balaban J connectivity index is 1.73. The van der Waals surface area contributed by atoms with Gasteiger partial charge in [0.2, 0.25) is 0 Å². The Morgan fingerprint density at radius 1 is 0.917 bits per heavy atom. The largest absolute Gasteiger partial charge is 0.382 e. The minimum Gasteiger partial charge on any atom is -0.382 e. The fourth-order valence-electron chi connectivity index (χ4n) is 3.15. The van der Waals surface area contributed by atoms with Gasteiger partial charge in [0.1, 0.15) is 0 Å². The lowest BCUT2D eigenvalue weighted by molar-refractivity contribution is 0.600. The summed E-state index contributed by atoms with van der Waals surface area (Å²) in [6, 6.07) is 13.5. The Labute approximate surface area is 144 Å². The average molecular weight is 344 g/mol. The first kappa shape index (κ1) is 16.8. The molecule has 0 saturated heterocycles. The number of sulfonamides is 1. The van der Waals surface area contributed by atoms with Gasteiger partial charge in [-0.2, -0.15) is 0 Å². The third-order valence-electron chi connectivity index (χ3n) is 4.50. The van der Waals surface area contributed by atoms with Gasteiger partial charge in [0.25, 0.3) is 10.0 Å². The van der Waals surface area contributed by atoms with Gasteiger partial charge in [0.15, 0.2) is 0 Å². The molecule has 2 aromatic carbocycles. The fourth-order valence-corrected chi connectivity index (χ4v) is 4.54. The van der Waals surface area contributed by atoms with E-state index >= 15 is 0 Å². The molecular formula is C19H24N2O2S. The summed E-state index contributed by atoms with van der Waals surface area (Å²) in [7, 11) is -3.57. The van der Waals surface area contributed by atoms with Crippen LogP contribution in [-0.2, 0) is 10.0 Å². The van der Waals surface area contributed by atoms with E-state index in [1.165, 1.54) is 25.7 Å². The molecule has 3 rings (SSSR count). The molecule has 0 atom stereocenters. The second-order valence-electron chi connectivity index (χ2n) is 6.58. The minimum atomic E-state index is -3.57. The average Bonchev–Trinajstić information content (AvgIpc) is 3.04.